The van der Waals surface area contributed by atoms with Gasteiger partial charge in [0, 0.05) is 24.7 Å². The second-order valence-corrected chi connectivity index (χ2v) is 7.16. The molecule has 0 spiro atoms. The van der Waals surface area contributed by atoms with E-state index in [9.17, 15) is 14.0 Å². The quantitative estimate of drug-likeness (QED) is 0.891. The van der Waals surface area contributed by atoms with E-state index in [4.69, 9.17) is 0 Å². The van der Waals surface area contributed by atoms with Crippen LogP contribution in [0.4, 0.5) is 10.1 Å². The van der Waals surface area contributed by atoms with Gasteiger partial charge in [0.05, 0.1) is 6.42 Å². The molecule has 0 aliphatic carbocycles. The smallest absolute Gasteiger partial charge is 0.227 e. The fourth-order valence-electron chi connectivity index (χ4n) is 3.43. The van der Waals surface area contributed by atoms with Crippen molar-refractivity contribution in [2.24, 2.45) is 5.92 Å². The Bertz CT molecular complexity index is 842. The highest BCUT2D eigenvalue weighted by atomic mass is 19.1. The number of hydrogen-bond acceptors (Lipinski definition) is 2. The lowest BCUT2D eigenvalue weighted by molar-refractivity contribution is -0.133. The van der Waals surface area contributed by atoms with E-state index in [2.05, 4.69) is 5.32 Å². The summed E-state index contributed by atoms with van der Waals surface area (Å²) >= 11 is 0. The van der Waals surface area contributed by atoms with Crippen molar-refractivity contribution < 1.29 is 14.0 Å². The van der Waals surface area contributed by atoms with Gasteiger partial charge < -0.3 is 10.2 Å². The average Bonchev–Trinajstić information content (AvgIpc) is 2.67. The predicted molar refractivity (Wildman–Crippen MR) is 104 cm³/mol. The Morgan fingerprint density at radius 3 is 2.48 bits per heavy atom. The number of likely N-dealkylation sites (tertiary alicyclic amines) is 1. The minimum Gasteiger partial charge on any atom is -0.342 e. The average molecular weight is 368 g/mol. The van der Waals surface area contributed by atoms with E-state index in [0.717, 1.165) is 16.8 Å². The molecule has 0 unspecified atom stereocenters. The molecule has 2 aromatic carbocycles. The van der Waals surface area contributed by atoms with Crippen molar-refractivity contribution >= 4 is 17.5 Å². The monoisotopic (exact) mass is 368 g/mol. The molecule has 2 aromatic rings. The highest BCUT2D eigenvalue weighted by molar-refractivity contribution is 5.93. The first-order valence-electron chi connectivity index (χ1n) is 9.34. The van der Waals surface area contributed by atoms with E-state index in [1.165, 1.54) is 6.07 Å². The van der Waals surface area contributed by atoms with Crippen molar-refractivity contribution in [2.75, 3.05) is 18.4 Å². The van der Waals surface area contributed by atoms with Crippen LogP contribution in [0.25, 0.3) is 0 Å². The zero-order valence-electron chi connectivity index (χ0n) is 15.8. The van der Waals surface area contributed by atoms with Crippen LogP contribution in [0.15, 0.2) is 42.5 Å². The topological polar surface area (TPSA) is 49.4 Å². The van der Waals surface area contributed by atoms with Gasteiger partial charge in [-0.3, -0.25) is 9.59 Å². The maximum absolute atomic E-state index is 13.7. The summed E-state index contributed by atoms with van der Waals surface area (Å²) in [4.78, 5) is 26.7. The van der Waals surface area contributed by atoms with Crippen LogP contribution < -0.4 is 5.32 Å². The number of halogens is 1. The van der Waals surface area contributed by atoms with E-state index < -0.39 is 0 Å². The minimum atomic E-state index is -0.353. The zero-order chi connectivity index (χ0) is 19.4. The minimum absolute atomic E-state index is 0.00454. The standard InChI is InChI=1S/C22H25FN2O2/c1-15-6-5-9-20(16(15)2)24-22(27)17-10-12-25(13-11-17)21(26)14-18-7-3-4-8-19(18)23/h3-9,17H,10-14H2,1-2H3,(H,24,27). The Hall–Kier alpha value is -2.69. The molecule has 27 heavy (non-hydrogen) atoms. The van der Waals surface area contributed by atoms with Crippen molar-refractivity contribution in [1.29, 1.82) is 0 Å². The van der Waals surface area contributed by atoms with Crippen LogP contribution in [0, 0.1) is 25.6 Å². The van der Waals surface area contributed by atoms with Crippen molar-refractivity contribution in [3.05, 3.63) is 65.0 Å². The van der Waals surface area contributed by atoms with Gasteiger partial charge in [0.1, 0.15) is 5.82 Å². The number of hydrogen-bond donors (Lipinski definition) is 1. The largest absolute Gasteiger partial charge is 0.342 e. The van der Waals surface area contributed by atoms with Crippen molar-refractivity contribution in [3.63, 3.8) is 0 Å². The lowest BCUT2D eigenvalue weighted by Crippen LogP contribution is -2.42. The molecule has 0 radical (unpaired) electrons. The second kappa shape index (κ2) is 8.33. The number of nitrogens with one attached hydrogen (secondary N) is 1. The summed E-state index contributed by atoms with van der Waals surface area (Å²) in [6.45, 7) is 5.07. The zero-order valence-corrected chi connectivity index (χ0v) is 15.8. The first kappa shape index (κ1) is 19.1. The molecule has 1 N–H and O–H groups in total. The van der Waals surface area contributed by atoms with Gasteiger partial charge in [0.2, 0.25) is 11.8 Å². The maximum Gasteiger partial charge on any atom is 0.227 e. The van der Waals surface area contributed by atoms with Gasteiger partial charge in [-0.25, -0.2) is 4.39 Å². The highest BCUT2D eigenvalue weighted by Gasteiger charge is 2.27. The normalized spacial score (nSPS) is 14.9. The summed E-state index contributed by atoms with van der Waals surface area (Å²) in [5.74, 6) is -0.547. The van der Waals surface area contributed by atoms with E-state index >= 15 is 0 Å². The number of rotatable bonds is 4. The Morgan fingerprint density at radius 1 is 1.07 bits per heavy atom. The van der Waals surface area contributed by atoms with Gasteiger partial charge in [-0.05, 0) is 55.5 Å². The third kappa shape index (κ3) is 4.54. The summed E-state index contributed by atoms with van der Waals surface area (Å²) < 4.78 is 13.7. The van der Waals surface area contributed by atoms with E-state index in [1.807, 2.05) is 32.0 Å². The lowest BCUT2D eigenvalue weighted by atomic mass is 9.95. The van der Waals surface area contributed by atoms with Gasteiger partial charge in [-0.1, -0.05) is 30.3 Å². The number of benzene rings is 2. The molecule has 0 aromatic heterocycles. The van der Waals surface area contributed by atoms with Crippen molar-refractivity contribution in [3.8, 4) is 0 Å². The van der Waals surface area contributed by atoms with E-state index in [1.54, 1.807) is 23.1 Å². The summed E-state index contributed by atoms with van der Waals surface area (Å²) in [6.07, 6.45) is 1.31. The summed E-state index contributed by atoms with van der Waals surface area (Å²) in [6, 6.07) is 12.2. The molecular formula is C22H25FN2O2. The van der Waals surface area contributed by atoms with Crippen molar-refractivity contribution in [1.82, 2.24) is 4.90 Å². The molecule has 0 bridgehead atoms. The molecule has 2 amide bonds. The Morgan fingerprint density at radius 2 is 1.78 bits per heavy atom. The number of carbonyl (C=O) groups is 2. The van der Waals surface area contributed by atoms with E-state index in [0.29, 0.717) is 31.5 Å². The molecule has 5 heteroatoms. The molecule has 0 saturated carbocycles. The van der Waals surface area contributed by atoms with Crippen LogP contribution in [0.1, 0.15) is 29.5 Å². The molecule has 1 aliphatic rings. The molecule has 0 atom stereocenters. The lowest BCUT2D eigenvalue weighted by Gasteiger charge is -2.31. The summed E-state index contributed by atoms with van der Waals surface area (Å²) in [5.41, 5.74) is 3.47. The van der Waals surface area contributed by atoms with Gasteiger partial charge >= 0.3 is 0 Å². The molecule has 1 aliphatic heterocycles. The van der Waals surface area contributed by atoms with Crippen LogP contribution in [0.2, 0.25) is 0 Å². The SMILES string of the molecule is Cc1cccc(NC(=O)C2CCN(C(=O)Cc3ccccc3F)CC2)c1C. The second-order valence-electron chi connectivity index (χ2n) is 7.16. The maximum atomic E-state index is 13.7. The van der Waals surface area contributed by atoms with Crippen LogP contribution in [-0.4, -0.2) is 29.8 Å². The molecule has 4 nitrogen and oxygen atoms in total. The Kier molecular flexibility index (Phi) is 5.89. The third-order valence-corrected chi connectivity index (χ3v) is 5.38. The number of nitrogens with zero attached hydrogens (tertiary/aromatic N) is 1. The number of carbonyl (C=O) groups excluding carboxylic acids is 2. The predicted octanol–water partition coefficient (Wildman–Crippen LogP) is 3.86. The number of anilines is 1. The molecule has 1 saturated heterocycles. The van der Waals surface area contributed by atoms with E-state index in [-0.39, 0.29) is 30.0 Å². The number of amides is 2. The van der Waals surface area contributed by atoms with Crippen LogP contribution in [-0.2, 0) is 16.0 Å². The Balaban J connectivity index is 1.54. The van der Waals surface area contributed by atoms with Gasteiger partial charge in [0.25, 0.3) is 0 Å². The van der Waals surface area contributed by atoms with Crippen LogP contribution >= 0.6 is 0 Å². The summed E-state index contributed by atoms with van der Waals surface area (Å²) in [5, 5.41) is 3.02. The fraction of sp³-hybridized carbons (Fsp3) is 0.364. The highest BCUT2D eigenvalue weighted by Crippen LogP contribution is 2.23. The molecule has 1 heterocycles. The first-order valence-corrected chi connectivity index (χ1v) is 9.34. The number of piperidine rings is 1. The molecule has 1 fully saturated rings. The molecule has 3 rings (SSSR count). The van der Waals surface area contributed by atoms with Crippen molar-refractivity contribution in [2.45, 2.75) is 33.1 Å². The Labute approximate surface area is 159 Å². The van der Waals surface area contributed by atoms with Crippen LogP contribution in [0.5, 0.6) is 0 Å². The van der Waals surface area contributed by atoms with Gasteiger partial charge in [0.15, 0.2) is 0 Å². The third-order valence-electron chi connectivity index (χ3n) is 5.38. The summed E-state index contributed by atoms with van der Waals surface area (Å²) in [7, 11) is 0. The van der Waals surface area contributed by atoms with Gasteiger partial charge in [-0.2, -0.15) is 0 Å². The molecule has 142 valence electrons. The molecular weight excluding hydrogens is 343 g/mol. The van der Waals surface area contributed by atoms with Gasteiger partial charge in [-0.15, -0.1) is 0 Å². The van der Waals surface area contributed by atoms with Crippen LogP contribution in [0.3, 0.4) is 0 Å². The fourth-order valence-corrected chi connectivity index (χ4v) is 3.43. The first-order chi connectivity index (χ1) is 13.0. The number of aryl methyl sites for hydroxylation is 1.